The van der Waals surface area contributed by atoms with Gasteiger partial charge < -0.3 is 9.84 Å². The van der Waals surface area contributed by atoms with Crippen molar-refractivity contribution in [2.45, 2.75) is 18.7 Å². The number of rotatable bonds is 5. The van der Waals surface area contributed by atoms with Crippen molar-refractivity contribution in [1.29, 1.82) is 0 Å². The van der Waals surface area contributed by atoms with Gasteiger partial charge in [-0.3, -0.25) is 9.78 Å². The lowest BCUT2D eigenvalue weighted by Crippen LogP contribution is -2.09. The van der Waals surface area contributed by atoms with Crippen LogP contribution in [0.1, 0.15) is 23.2 Å². The van der Waals surface area contributed by atoms with Crippen molar-refractivity contribution < 1.29 is 23.4 Å². The van der Waals surface area contributed by atoms with E-state index >= 15 is 0 Å². The lowest BCUT2D eigenvalue weighted by molar-refractivity contribution is -0.136. The summed E-state index contributed by atoms with van der Waals surface area (Å²) in [6, 6.07) is 0. The largest absolute Gasteiger partial charge is 0.496 e. The van der Waals surface area contributed by atoms with Gasteiger partial charge in [0, 0.05) is 11.8 Å². The SMILES string of the molecule is COc1c(C(F)F)cnc(CC(=O)O)c1CCl. The molecule has 1 heterocycles. The lowest BCUT2D eigenvalue weighted by Gasteiger charge is -2.14. The van der Waals surface area contributed by atoms with Crippen LogP contribution >= 0.6 is 11.6 Å². The Hall–Kier alpha value is -1.43. The van der Waals surface area contributed by atoms with Crippen molar-refractivity contribution in [2.24, 2.45) is 0 Å². The number of hydrogen-bond acceptors (Lipinski definition) is 3. The summed E-state index contributed by atoms with van der Waals surface area (Å²) in [5.74, 6) is -1.35. The molecule has 0 fully saturated rings. The van der Waals surface area contributed by atoms with Gasteiger partial charge >= 0.3 is 5.97 Å². The van der Waals surface area contributed by atoms with Crippen LogP contribution < -0.4 is 4.74 Å². The van der Waals surface area contributed by atoms with Crippen molar-refractivity contribution in [3.8, 4) is 5.75 Å². The zero-order valence-corrected chi connectivity index (χ0v) is 9.67. The normalized spacial score (nSPS) is 10.6. The average molecular weight is 266 g/mol. The Balaban J connectivity index is 3.32. The Labute approximate surface area is 101 Å². The van der Waals surface area contributed by atoms with Crippen molar-refractivity contribution in [2.75, 3.05) is 7.11 Å². The molecule has 0 saturated carbocycles. The average Bonchev–Trinajstić information content (AvgIpc) is 2.26. The zero-order chi connectivity index (χ0) is 13.0. The van der Waals surface area contributed by atoms with Crippen LogP contribution in [0.5, 0.6) is 5.75 Å². The van der Waals surface area contributed by atoms with Crippen LogP contribution in [0.15, 0.2) is 6.20 Å². The van der Waals surface area contributed by atoms with E-state index in [1.54, 1.807) is 0 Å². The van der Waals surface area contributed by atoms with Gasteiger partial charge in [-0.05, 0) is 0 Å². The second-order valence-corrected chi connectivity index (χ2v) is 3.44. The molecule has 0 saturated heterocycles. The highest BCUT2D eigenvalue weighted by Crippen LogP contribution is 2.33. The molecule has 1 rings (SSSR count). The molecule has 0 unspecified atom stereocenters. The van der Waals surface area contributed by atoms with Crippen LogP contribution in [0.3, 0.4) is 0 Å². The molecule has 0 amide bonds. The summed E-state index contributed by atoms with van der Waals surface area (Å²) in [6.07, 6.45) is -2.22. The number of aromatic nitrogens is 1. The first-order valence-electron chi connectivity index (χ1n) is 4.61. The van der Waals surface area contributed by atoms with Crippen LogP contribution in [0.4, 0.5) is 8.78 Å². The predicted octanol–water partition coefficient (Wildman–Crippen LogP) is 2.39. The molecule has 0 bridgehead atoms. The standard InChI is InChI=1S/C10H10ClF2NO3/c1-17-9-5(3-11)7(2-8(15)16)14-4-6(9)10(12)13/h4,10H,2-3H2,1H3,(H,15,16). The number of carboxylic acid groups (broad SMARTS) is 1. The Kier molecular flexibility index (Phi) is 4.62. The van der Waals surface area contributed by atoms with E-state index in [0.29, 0.717) is 0 Å². The number of pyridine rings is 1. The quantitative estimate of drug-likeness (QED) is 0.831. The number of alkyl halides is 3. The Morgan fingerprint density at radius 1 is 1.65 bits per heavy atom. The molecule has 0 atom stereocenters. The maximum Gasteiger partial charge on any atom is 0.309 e. The van der Waals surface area contributed by atoms with Gasteiger partial charge in [0.2, 0.25) is 0 Å². The summed E-state index contributed by atoms with van der Waals surface area (Å²) < 4.78 is 30.1. The number of carbonyl (C=O) groups is 1. The zero-order valence-electron chi connectivity index (χ0n) is 8.91. The van der Waals surface area contributed by atoms with E-state index in [9.17, 15) is 13.6 Å². The first-order chi connectivity index (χ1) is 8.01. The van der Waals surface area contributed by atoms with Crippen LogP contribution in [-0.2, 0) is 17.1 Å². The minimum Gasteiger partial charge on any atom is -0.496 e. The van der Waals surface area contributed by atoms with Gasteiger partial charge in [-0.15, -0.1) is 11.6 Å². The molecule has 0 aliphatic carbocycles. The van der Waals surface area contributed by atoms with Gasteiger partial charge in [-0.2, -0.15) is 0 Å². The van der Waals surface area contributed by atoms with Gasteiger partial charge in [-0.25, -0.2) is 8.78 Å². The summed E-state index contributed by atoms with van der Waals surface area (Å²) in [7, 11) is 1.22. The Morgan fingerprint density at radius 2 is 2.29 bits per heavy atom. The molecule has 7 heteroatoms. The summed E-state index contributed by atoms with van der Waals surface area (Å²) in [5, 5.41) is 8.66. The number of nitrogens with zero attached hydrogens (tertiary/aromatic N) is 1. The predicted molar refractivity (Wildman–Crippen MR) is 56.6 cm³/mol. The number of halogens is 3. The smallest absolute Gasteiger partial charge is 0.309 e. The number of methoxy groups -OCH3 is 1. The van der Waals surface area contributed by atoms with Gasteiger partial charge in [0.15, 0.2) is 0 Å². The van der Waals surface area contributed by atoms with Gasteiger partial charge in [-0.1, -0.05) is 0 Å². The molecule has 4 nitrogen and oxygen atoms in total. The monoisotopic (exact) mass is 265 g/mol. The number of aliphatic carboxylic acids is 1. The lowest BCUT2D eigenvalue weighted by atomic mass is 10.1. The van der Waals surface area contributed by atoms with Gasteiger partial charge in [0.05, 0.1) is 30.7 Å². The maximum atomic E-state index is 12.6. The van der Waals surface area contributed by atoms with E-state index in [1.165, 1.54) is 7.11 Å². The topological polar surface area (TPSA) is 59.4 Å². The molecular weight excluding hydrogens is 256 g/mol. The fraction of sp³-hybridized carbons (Fsp3) is 0.400. The van der Waals surface area contributed by atoms with E-state index < -0.39 is 18.0 Å². The minimum atomic E-state index is -2.75. The molecule has 0 spiro atoms. The van der Waals surface area contributed by atoms with Crippen molar-refractivity contribution in [1.82, 2.24) is 4.98 Å². The van der Waals surface area contributed by atoms with E-state index in [0.717, 1.165) is 6.20 Å². The second-order valence-electron chi connectivity index (χ2n) is 3.18. The van der Waals surface area contributed by atoms with E-state index in [4.69, 9.17) is 21.4 Å². The third-order valence-corrected chi connectivity index (χ3v) is 2.40. The summed E-state index contributed by atoms with van der Waals surface area (Å²) in [5.41, 5.74) is -0.0691. The van der Waals surface area contributed by atoms with E-state index in [1.807, 2.05) is 0 Å². The molecule has 0 aliphatic rings. The number of ether oxygens (including phenoxy) is 1. The fourth-order valence-corrected chi connectivity index (χ4v) is 1.69. The third kappa shape index (κ3) is 3.03. The highest BCUT2D eigenvalue weighted by molar-refractivity contribution is 6.17. The van der Waals surface area contributed by atoms with Crippen molar-refractivity contribution >= 4 is 17.6 Å². The Morgan fingerprint density at radius 3 is 2.71 bits per heavy atom. The van der Waals surface area contributed by atoms with Crippen LogP contribution in [0.25, 0.3) is 0 Å². The number of hydrogen-bond donors (Lipinski definition) is 1. The molecule has 0 aromatic carbocycles. The van der Waals surface area contributed by atoms with Crippen molar-refractivity contribution in [3.63, 3.8) is 0 Å². The van der Waals surface area contributed by atoms with Gasteiger partial charge in [0.1, 0.15) is 5.75 Å². The first-order valence-corrected chi connectivity index (χ1v) is 5.15. The molecule has 17 heavy (non-hydrogen) atoms. The molecular formula is C10H10ClF2NO3. The van der Waals surface area contributed by atoms with Crippen molar-refractivity contribution in [3.05, 3.63) is 23.0 Å². The van der Waals surface area contributed by atoms with E-state index in [2.05, 4.69) is 4.98 Å². The van der Waals surface area contributed by atoms with Gasteiger partial charge in [0.25, 0.3) is 6.43 Å². The summed E-state index contributed by atoms with van der Waals surface area (Å²) >= 11 is 5.62. The molecule has 1 aromatic heterocycles. The highest BCUT2D eigenvalue weighted by atomic mass is 35.5. The minimum absolute atomic E-state index is 0.0961. The summed E-state index contributed by atoms with van der Waals surface area (Å²) in [4.78, 5) is 14.3. The highest BCUT2D eigenvalue weighted by Gasteiger charge is 2.21. The van der Waals surface area contributed by atoms with Crippen LogP contribution in [0.2, 0.25) is 0 Å². The molecule has 0 radical (unpaired) electrons. The maximum absolute atomic E-state index is 12.6. The Bertz CT molecular complexity index is 426. The molecule has 1 N–H and O–H groups in total. The first kappa shape index (κ1) is 13.6. The van der Waals surface area contributed by atoms with Crippen LogP contribution in [0, 0.1) is 0 Å². The second kappa shape index (κ2) is 5.77. The van der Waals surface area contributed by atoms with Crippen LogP contribution in [-0.4, -0.2) is 23.2 Å². The third-order valence-electron chi connectivity index (χ3n) is 2.14. The molecule has 0 aliphatic heterocycles. The fourth-order valence-electron chi connectivity index (χ4n) is 1.42. The number of carboxylic acids is 1. The molecule has 94 valence electrons. The van der Waals surface area contributed by atoms with E-state index in [-0.39, 0.29) is 29.3 Å². The molecule has 1 aromatic rings. The summed E-state index contributed by atoms with van der Waals surface area (Å²) in [6.45, 7) is 0.